The van der Waals surface area contributed by atoms with Crippen LogP contribution in [0.25, 0.3) is 0 Å². The van der Waals surface area contributed by atoms with Gasteiger partial charge in [-0.1, -0.05) is 15.9 Å². The van der Waals surface area contributed by atoms with Crippen molar-refractivity contribution in [3.8, 4) is 0 Å². The fourth-order valence-corrected chi connectivity index (χ4v) is 4.23. The Hall–Kier alpha value is -0.630. The first kappa shape index (κ1) is 15.8. The van der Waals surface area contributed by atoms with Gasteiger partial charge in [-0.15, -0.1) is 0 Å². The highest BCUT2D eigenvalue weighted by molar-refractivity contribution is 9.10. The van der Waals surface area contributed by atoms with Crippen molar-refractivity contribution in [3.63, 3.8) is 0 Å². The third-order valence-electron chi connectivity index (χ3n) is 3.44. The summed E-state index contributed by atoms with van der Waals surface area (Å²) in [4.78, 5) is 0.219. The minimum Gasteiger partial charge on any atom is -0.398 e. The van der Waals surface area contributed by atoms with E-state index >= 15 is 0 Å². The molecule has 20 heavy (non-hydrogen) atoms. The van der Waals surface area contributed by atoms with Crippen LogP contribution in [0.1, 0.15) is 24.8 Å². The molecule has 0 amide bonds. The number of hydrogen-bond acceptors (Lipinski definition) is 4. The first-order valence-corrected chi connectivity index (χ1v) is 8.84. The Morgan fingerprint density at radius 3 is 2.90 bits per heavy atom. The van der Waals surface area contributed by atoms with E-state index in [0.717, 1.165) is 19.4 Å². The Balaban J connectivity index is 2.06. The molecule has 1 aromatic rings. The second-order valence-electron chi connectivity index (χ2n) is 4.94. The van der Waals surface area contributed by atoms with E-state index in [2.05, 4.69) is 20.7 Å². The molecular weight excluding hydrogens is 344 g/mol. The quantitative estimate of drug-likeness (QED) is 0.786. The molecule has 3 N–H and O–H groups in total. The van der Waals surface area contributed by atoms with Crippen LogP contribution in [0.3, 0.4) is 0 Å². The molecule has 1 aliphatic rings. The van der Waals surface area contributed by atoms with Gasteiger partial charge in [0.1, 0.15) is 0 Å². The maximum Gasteiger partial charge on any atom is 0.240 e. The van der Waals surface area contributed by atoms with Gasteiger partial charge >= 0.3 is 0 Å². The van der Waals surface area contributed by atoms with Gasteiger partial charge in [0.05, 0.1) is 11.0 Å². The van der Waals surface area contributed by atoms with Crippen LogP contribution in [0, 0.1) is 6.92 Å². The molecule has 0 aliphatic carbocycles. The second-order valence-corrected chi connectivity index (χ2v) is 7.59. The molecule has 1 aliphatic heterocycles. The van der Waals surface area contributed by atoms with Gasteiger partial charge in [0.15, 0.2) is 0 Å². The average molecular weight is 363 g/mol. The molecule has 2 rings (SSSR count). The van der Waals surface area contributed by atoms with E-state index < -0.39 is 10.0 Å². The highest BCUT2D eigenvalue weighted by Crippen LogP contribution is 2.26. The SMILES string of the molecule is Cc1c(N)cc(Br)cc1S(=O)(=O)NCCC1CCCO1. The summed E-state index contributed by atoms with van der Waals surface area (Å²) in [5.41, 5.74) is 6.83. The zero-order valence-corrected chi connectivity index (χ0v) is 13.8. The lowest BCUT2D eigenvalue weighted by Gasteiger charge is -2.13. The summed E-state index contributed by atoms with van der Waals surface area (Å²) in [5.74, 6) is 0. The summed E-state index contributed by atoms with van der Waals surface area (Å²) in [6, 6.07) is 3.26. The molecule has 1 unspecified atom stereocenters. The Morgan fingerprint density at radius 1 is 1.50 bits per heavy atom. The number of hydrogen-bond donors (Lipinski definition) is 2. The standard InChI is InChI=1S/C13H19BrN2O3S/c1-9-12(15)7-10(14)8-13(9)20(17,18)16-5-4-11-3-2-6-19-11/h7-8,11,16H,2-6,15H2,1H3. The Labute approximate surface area is 128 Å². The van der Waals surface area contributed by atoms with E-state index in [1.54, 1.807) is 19.1 Å². The van der Waals surface area contributed by atoms with Gasteiger partial charge in [-0.3, -0.25) is 0 Å². The number of rotatable bonds is 5. The second kappa shape index (κ2) is 6.43. The highest BCUT2D eigenvalue weighted by atomic mass is 79.9. The van der Waals surface area contributed by atoms with Gasteiger partial charge in [0, 0.05) is 23.3 Å². The zero-order chi connectivity index (χ0) is 14.8. The van der Waals surface area contributed by atoms with Crippen LogP contribution < -0.4 is 10.5 Å². The average Bonchev–Trinajstić information content (AvgIpc) is 2.86. The predicted octanol–water partition coefficient (Wildman–Crippen LogP) is 2.19. The monoisotopic (exact) mass is 362 g/mol. The smallest absolute Gasteiger partial charge is 0.240 e. The topological polar surface area (TPSA) is 81.4 Å². The molecule has 5 nitrogen and oxygen atoms in total. The Kier molecular flexibility index (Phi) is 5.06. The van der Waals surface area contributed by atoms with Crippen molar-refractivity contribution >= 4 is 31.6 Å². The van der Waals surface area contributed by atoms with Crippen molar-refractivity contribution in [2.45, 2.75) is 37.2 Å². The van der Waals surface area contributed by atoms with Gasteiger partial charge < -0.3 is 10.5 Å². The van der Waals surface area contributed by atoms with E-state index in [-0.39, 0.29) is 11.0 Å². The normalized spacial score (nSPS) is 19.4. The summed E-state index contributed by atoms with van der Waals surface area (Å²) in [6.45, 7) is 2.86. The van der Waals surface area contributed by atoms with Crippen molar-refractivity contribution in [3.05, 3.63) is 22.2 Å². The minimum absolute atomic E-state index is 0.173. The van der Waals surface area contributed by atoms with Crippen LogP contribution in [-0.4, -0.2) is 27.7 Å². The van der Waals surface area contributed by atoms with Crippen LogP contribution in [0.2, 0.25) is 0 Å². The molecule has 0 radical (unpaired) electrons. The maximum absolute atomic E-state index is 12.3. The van der Waals surface area contributed by atoms with Gasteiger partial charge in [0.2, 0.25) is 10.0 Å². The number of benzene rings is 1. The van der Waals surface area contributed by atoms with Crippen molar-refractivity contribution in [1.29, 1.82) is 0 Å². The Bertz CT molecular complexity index is 584. The Morgan fingerprint density at radius 2 is 2.25 bits per heavy atom. The molecule has 1 aromatic carbocycles. The lowest BCUT2D eigenvalue weighted by molar-refractivity contribution is 0.105. The molecule has 0 spiro atoms. The summed E-state index contributed by atoms with van der Waals surface area (Å²) in [7, 11) is -3.54. The van der Waals surface area contributed by atoms with Crippen LogP contribution in [0.15, 0.2) is 21.5 Å². The van der Waals surface area contributed by atoms with E-state index in [1.807, 2.05) is 0 Å². The van der Waals surface area contributed by atoms with Crippen LogP contribution in [0.4, 0.5) is 5.69 Å². The summed E-state index contributed by atoms with van der Waals surface area (Å²) in [6.07, 6.45) is 2.93. The van der Waals surface area contributed by atoms with Crippen molar-refractivity contribution in [2.24, 2.45) is 0 Å². The largest absolute Gasteiger partial charge is 0.398 e. The summed E-state index contributed by atoms with van der Waals surface area (Å²) < 4.78 is 33.3. The van der Waals surface area contributed by atoms with E-state index in [9.17, 15) is 8.42 Å². The van der Waals surface area contributed by atoms with Crippen LogP contribution in [0.5, 0.6) is 0 Å². The first-order valence-electron chi connectivity index (χ1n) is 6.57. The van der Waals surface area contributed by atoms with Crippen LogP contribution >= 0.6 is 15.9 Å². The van der Waals surface area contributed by atoms with Gasteiger partial charge in [-0.05, 0) is 43.9 Å². The number of sulfonamides is 1. The summed E-state index contributed by atoms with van der Waals surface area (Å²) in [5, 5.41) is 0. The molecule has 1 heterocycles. The fraction of sp³-hybridized carbons (Fsp3) is 0.538. The number of nitrogens with one attached hydrogen (secondary N) is 1. The van der Waals surface area contributed by atoms with Crippen molar-refractivity contribution < 1.29 is 13.2 Å². The number of halogens is 1. The van der Waals surface area contributed by atoms with E-state index in [4.69, 9.17) is 10.5 Å². The van der Waals surface area contributed by atoms with E-state index in [1.165, 1.54) is 0 Å². The zero-order valence-electron chi connectivity index (χ0n) is 11.4. The van der Waals surface area contributed by atoms with Crippen molar-refractivity contribution in [2.75, 3.05) is 18.9 Å². The lowest BCUT2D eigenvalue weighted by Crippen LogP contribution is -2.28. The lowest BCUT2D eigenvalue weighted by atomic mass is 10.2. The van der Waals surface area contributed by atoms with Gasteiger partial charge in [0.25, 0.3) is 0 Å². The third kappa shape index (κ3) is 3.72. The van der Waals surface area contributed by atoms with E-state index in [0.29, 0.717) is 28.7 Å². The number of nitrogens with two attached hydrogens (primary N) is 1. The molecule has 0 bridgehead atoms. The predicted molar refractivity (Wildman–Crippen MR) is 82.1 cm³/mol. The maximum atomic E-state index is 12.3. The molecule has 1 atom stereocenters. The molecule has 0 aromatic heterocycles. The molecule has 7 heteroatoms. The fourth-order valence-electron chi connectivity index (χ4n) is 2.26. The van der Waals surface area contributed by atoms with Gasteiger partial charge in [-0.2, -0.15) is 0 Å². The number of ether oxygens (including phenoxy) is 1. The van der Waals surface area contributed by atoms with Crippen molar-refractivity contribution in [1.82, 2.24) is 4.72 Å². The van der Waals surface area contributed by atoms with Crippen LogP contribution in [-0.2, 0) is 14.8 Å². The molecule has 1 fully saturated rings. The molecule has 1 saturated heterocycles. The number of anilines is 1. The molecule has 0 saturated carbocycles. The first-order chi connectivity index (χ1) is 9.40. The summed E-state index contributed by atoms with van der Waals surface area (Å²) >= 11 is 3.27. The number of nitrogen functional groups attached to an aromatic ring is 1. The van der Waals surface area contributed by atoms with Gasteiger partial charge in [-0.25, -0.2) is 13.1 Å². The minimum atomic E-state index is -3.54. The highest BCUT2D eigenvalue weighted by Gasteiger charge is 2.20. The molecule has 112 valence electrons. The third-order valence-corrected chi connectivity index (χ3v) is 5.48. The molecular formula is C13H19BrN2O3S.